The van der Waals surface area contributed by atoms with Crippen LogP contribution in [0.4, 0.5) is 9.59 Å². The second-order valence-corrected chi connectivity index (χ2v) is 10.6. The highest BCUT2D eigenvalue weighted by Gasteiger charge is 2.48. The number of nitrogens with one attached hydrogen (secondary N) is 3. The average Bonchev–Trinajstić information content (AvgIpc) is 3.00. The minimum Gasteiger partial charge on any atom is -0.443 e. The zero-order chi connectivity index (χ0) is 25.6. The van der Waals surface area contributed by atoms with E-state index in [4.69, 9.17) is 14.4 Å². The van der Waals surface area contributed by atoms with Gasteiger partial charge in [0, 0.05) is 13.1 Å². The maximum Gasteiger partial charge on any atom is 0.422 e. The molecule has 2 saturated heterocycles. The van der Waals surface area contributed by atoms with Crippen molar-refractivity contribution in [3.8, 4) is 0 Å². The number of nitrogens with zero attached hydrogens (tertiary/aromatic N) is 2. The molecule has 0 unspecified atom stereocenters. The summed E-state index contributed by atoms with van der Waals surface area (Å²) in [5.41, 5.74) is 2.32. The summed E-state index contributed by atoms with van der Waals surface area (Å²) >= 11 is 0. The molecule has 3 rings (SSSR count). The van der Waals surface area contributed by atoms with Gasteiger partial charge in [-0.1, -0.05) is 30.3 Å². The Kier molecular flexibility index (Phi) is 8.53. The lowest BCUT2D eigenvalue weighted by atomic mass is 10.0. The van der Waals surface area contributed by atoms with Gasteiger partial charge in [0.05, 0.1) is 12.6 Å². The molecule has 35 heavy (non-hydrogen) atoms. The van der Waals surface area contributed by atoms with E-state index in [9.17, 15) is 22.8 Å². The van der Waals surface area contributed by atoms with Crippen LogP contribution in [0.2, 0.25) is 0 Å². The number of piperidine rings is 1. The zero-order valence-corrected chi connectivity index (χ0v) is 20.7. The summed E-state index contributed by atoms with van der Waals surface area (Å²) in [6.45, 7) is 4.96. The van der Waals surface area contributed by atoms with E-state index in [1.807, 2.05) is 30.3 Å². The molecule has 1 aromatic rings. The van der Waals surface area contributed by atoms with Crippen LogP contribution in [0.1, 0.15) is 39.2 Å². The Balaban J connectivity index is 1.38. The molecular formula is C21H31N5O8S. The van der Waals surface area contributed by atoms with Crippen molar-refractivity contribution in [2.45, 2.75) is 57.9 Å². The van der Waals surface area contributed by atoms with Crippen LogP contribution in [-0.2, 0) is 36.0 Å². The van der Waals surface area contributed by atoms with Gasteiger partial charge in [-0.3, -0.25) is 14.5 Å². The SMILES string of the molecule is CC(C)(C)OC(=O)NS(=O)(=O)NCCONC(=O)[C@@H]1CC[C@@H]2CN1C(=O)N2OCc1ccccc1. The van der Waals surface area contributed by atoms with Gasteiger partial charge >= 0.3 is 22.3 Å². The van der Waals surface area contributed by atoms with Gasteiger partial charge in [0.15, 0.2) is 0 Å². The Morgan fingerprint density at radius 2 is 1.86 bits per heavy atom. The molecule has 2 aliphatic rings. The van der Waals surface area contributed by atoms with E-state index in [0.29, 0.717) is 19.4 Å². The van der Waals surface area contributed by atoms with Gasteiger partial charge in [0.2, 0.25) is 0 Å². The maximum atomic E-state index is 12.8. The number of carbonyl (C=O) groups is 3. The number of fused-ring (bicyclic) bond motifs is 2. The molecule has 2 atom stereocenters. The summed E-state index contributed by atoms with van der Waals surface area (Å²) in [5, 5.41) is 1.33. The molecule has 13 nitrogen and oxygen atoms in total. The standard InChI is InChI=1S/C21H31N5O8S/c1-21(2,3)34-19(28)24-35(30,31)22-11-12-32-23-18(27)17-10-9-16-13-25(17)20(29)26(16)33-14-15-7-5-4-6-8-15/h4-8,16-17,22H,9-14H2,1-3H3,(H,23,27)(H,24,28)/t16-,17+/m1/s1. The molecule has 0 radical (unpaired) electrons. The summed E-state index contributed by atoms with van der Waals surface area (Å²) in [6, 6.07) is 8.21. The number of amides is 4. The molecule has 2 fully saturated rings. The van der Waals surface area contributed by atoms with Crippen LogP contribution in [0.3, 0.4) is 0 Å². The van der Waals surface area contributed by atoms with Gasteiger partial charge in [0.1, 0.15) is 18.2 Å². The number of carbonyl (C=O) groups excluding carboxylic acids is 3. The monoisotopic (exact) mass is 513 g/mol. The summed E-state index contributed by atoms with van der Waals surface area (Å²) in [7, 11) is -4.16. The van der Waals surface area contributed by atoms with E-state index >= 15 is 0 Å². The van der Waals surface area contributed by atoms with Gasteiger partial charge in [0.25, 0.3) is 5.91 Å². The van der Waals surface area contributed by atoms with E-state index in [1.54, 1.807) is 25.5 Å². The first kappa shape index (κ1) is 26.7. The number of ether oxygens (including phenoxy) is 1. The molecule has 14 heteroatoms. The Morgan fingerprint density at radius 3 is 2.54 bits per heavy atom. The van der Waals surface area contributed by atoms with Crippen LogP contribution >= 0.6 is 0 Å². The fraction of sp³-hybridized carbons (Fsp3) is 0.571. The molecule has 4 amide bonds. The molecule has 1 aromatic carbocycles. The fourth-order valence-corrected chi connectivity index (χ4v) is 4.34. The third-order valence-electron chi connectivity index (χ3n) is 5.12. The number of hydrogen-bond donors (Lipinski definition) is 3. The van der Waals surface area contributed by atoms with Crippen LogP contribution in [0.25, 0.3) is 0 Å². The van der Waals surface area contributed by atoms with Gasteiger partial charge in [-0.15, -0.1) is 0 Å². The topological polar surface area (TPSA) is 156 Å². The largest absolute Gasteiger partial charge is 0.443 e. The molecule has 0 saturated carbocycles. The van der Waals surface area contributed by atoms with E-state index in [1.165, 1.54) is 9.96 Å². The molecule has 194 valence electrons. The van der Waals surface area contributed by atoms with Gasteiger partial charge < -0.3 is 9.64 Å². The van der Waals surface area contributed by atoms with Crippen LogP contribution in [0.15, 0.2) is 30.3 Å². The Hall–Kier alpha value is -2.94. The number of urea groups is 1. The molecule has 0 spiro atoms. The number of hydroxylamine groups is 3. The molecule has 3 N–H and O–H groups in total. The first-order chi connectivity index (χ1) is 16.5. The third-order valence-corrected chi connectivity index (χ3v) is 6.14. The lowest BCUT2D eigenvalue weighted by molar-refractivity contribution is -0.141. The van der Waals surface area contributed by atoms with Crippen LogP contribution < -0.4 is 14.9 Å². The fourth-order valence-electron chi connectivity index (χ4n) is 3.65. The number of rotatable bonds is 10. The van der Waals surface area contributed by atoms with E-state index in [0.717, 1.165) is 5.56 Å². The van der Waals surface area contributed by atoms with Gasteiger partial charge in [-0.2, -0.15) is 18.2 Å². The summed E-state index contributed by atoms with van der Waals surface area (Å²) in [4.78, 5) is 49.1. The predicted molar refractivity (Wildman–Crippen MR) is 122 cm³/mol. The zero-order valence-electron chi connectivity index (χ0n) is 19.9. The van der Waals surface area contributed by atoms with Crippen molar-refractivity contribution in [3.05, 3.63) is 35.9 Å². The average molecular weight is 514 g/mol. The van der Waals surface area contributed by atoms with Crippen molar-refractivity contribution in [1.29, 1.82) is 0 Å². The smallest absolute Gasteiger partial charge is 0.422 e. The van der Waals surface area contributed by atoms with Crippen molar-refractivity contribution in [3.63, 3.8) is 0 Å². The maximum absolute atomic E-state index is 12.8. The van der Waals surface area contributed by atoms with Crippen molar-refractivity contribution in [1.82, 2.24) is 24.9 Å². The Morgan fingerprint density at radius 1 is 1.14 bits per heavy atom. The minimum atomic E-state index is -4.16. The number of benzene rings is 1. The quantitative estimate of drug-likeness (QED) is 0.306. The highest BCUT2D eigenvalue weighted by atomic mass is 32.2. The molecule has 0 aliphatic carbocycles. The predicted octanol–water partition coefficient (Wildman–Crippen LogP) is 0.794. The third kappa shape index (κ3) is 7.78. The van der Waals surface area contributed by atoms with Crippen molar-refractivity contribution in [2.24, 2.45) is 0 Å². The van der Waals surface area contributed by atoms with Crippen LogP contribution in [0.5, 0.6) is 0 Å². The molecule has 0 aromatic heterocycles. The normalized spacial score (nSPS) is 20.0. The molecule has 2 aliphatic heterocycles. The van der Waals surface area contributed by atoms with E-state index < -0.39 is 33.9 Å². The number of hydrogen-bond acceptors (Lipinski definition) is 8. The van der Waals surface area contributed by atoms with Gasteiger partial charge in [-0.25, -0.2) is 19.8 Å². The van der Waals surface area contributed by atoms with Gasteiger partial charge in [-0.05, 0) is 39.2 Å². The summed E-state index contributed by atoms with van der Waals surface area (Å²) in [5.74, 6) is -0.517. The lowest BCUT2D eigenvalue weighted by Gasteiger charge is -2.28. The Labute approximate surface area is 204 Å². The summed E-state index contributed by atoms with van der Waals surface area (Å²) in [6.07, 6.45) is -0.0963. The first-order valence-corrected chi connectivity index (χ1v) is 12.6. The van der Waals surface area contributed by atoms with Crippen molar-refractivity contribution >= 4 is 28.2 Å². The Bertz CT molecular complexity index is 1010. The van der Waals surface area contributed by atoms with Crippen LogP contribution in [-0.4, -0.2) is 73.8 Å². The molecule has 2 bridgehead atoms. The highest BCUT2D eigenvalue weighted by Crippen LogP contribution is 2.30. The van der Waals surface area contributed by atoms with Crippen molar-refractivity contribution in [2.75, 3.05) is 19.7 Å². The summed E-state index contributed by atoms with van der Waals surface area (Å²) < 4.78 is 32.4. The molecular weight excluding hydrogens is 482 g/mol. The first-order valence-electron chi connectivity index (χ1n) is 11.1. The highest BCUT2D eigenvalue weighted by molar-refractivity contribution is 7.88. The second kappa shape index (κ2) is 11.2. The van der Waals surface area contributed by atoms with Crippen LogP contribution in [0, 0.1) is 0 Å². The van der Waals surface area contributed by atoms with E-state index in [-0.39, 0.29) is 31.8 Å². The lowest BCUT2D eigenvalue weighted by Crippen LogP contribution is -2.50. The van der Waals surface area contributed by atoms with E-state index in [2.05, 4.69) is 10.2 Å². The second-order valence-electron chi connectivity index (χ2n) is 9.08. The van der Waals surface area contributed by atoms with Crippen molar-refractivity contribution < 1.29 is 37.2 Å². The molecule has 2 heterocycles. The minimum absolute atomic E-state index is 0.136.